The fourth-order valence-electron chi connectivity index (χ4n) is 2.99. The molecule has 0 amide bonds. The van der Waals surface area contributed by atoms with Crippen molar-refractivity contribution in [2.75, 3.05) is 0 Å². The number of carboxylic acids is 1. The van der Waals surface area contributed by atoms with E-state index in [1.54, 1.807) is 42.7 Å². The minimum Gasteiger partial charge on any atom is -0.491 e. The van der Waals surface area contributed by atoms with Gasteiger partial charge >= 0.3 is 12.1 Å². The zero-order valence-electron chi connectivity index (χ0n) is 15.3. The van der Waals surface area contributed by atoms with Crippen molar-refractivity contribution in [3.63, 3.8) is 0 Å². The average molecular weight is 392 g/mol. The molecule has 8 heteroatoms. The van der Waals surface area contributed by atoms with E-state index in [9.17, 15) is 18.0 Å². The third-order valence-electron chi connectivity index (χ3n) is 4.35. The first-order valence-electron chi connectivity index (χ1n) is 8.70. The Hall–Kier alpha value is -3.03. The number of aryl methyl sites for hydroxylation is 1. The summed E-state index contributed by atoms with van der Waals surface area (Å²) in [6, 6.07) is 10.5. The van der Waals surface area contributed by atoms with Crippen LogP contribution >= 0.6 is 0 Å². The Labute approximate surface area is 159 Å². The molecular formula is C20H19F3N2O3. The van der Waals surface area contributed by atoms with E-state index in [0.29, 0.717) is 23.5 Å². The summed E-state index contributed by atoms with van der Waals surface area (Å²) in [5.74, 6) is 0.280. The molecule has 148 valence electrons. The smallest absolute Gasteiger partial charge is 0.416 e. The number of carboxylic acid groups (broad SMARTS) is 1. The van der Waals surface area contributed by atoms with E-state index >= 15 is 0 Å². The van der Waals surface area contributed by atoms with Gasteiger partial charge in [-0.25, -0.2) is 4.98 Å². The standard InChI is InChI=1S/C20H19F3N2O3/c1-12(3-10-19(26)27)28-16-7-5-15(6-8-16)25-13(2)24-17-11-14(20(21,22)23)4-9-18(17)25/h4-9,11-12H,3,10H2,1-2H3,(H,26,27). The van der Waals surface area contributed by atoms with E-state index in [1.807, 2.05) is 0 Å². The predicted molar refractivity (Wildman–Crippen MR) is 97.8 cm³/mol. The SMILES string of the molecule is Cc1nc2cc(C(F)(F)F)ccc2n1-c1ccc(OC(C)CCC(=O)O)cc1. The first kappa shape index (κ1) is 19.7. The molecule has 28 heavy (non-hydrogen) atoms. The fraction of sp³-hybridized carbons (Fsp3) is 0.300. The van der Waals surface area contributed by atoms with Gasteiger partial charge in [0, 0.05) is 12.1 Å². The van der Waals surface area contributed by atoms with Crippen LogP contribution in [0.4, 0.5) is 13.2 Å². The van der Waals surface area contributed by atoms with Crippen molar-refractivity contribution in [2.45, 2.75) is 39.0 Å². The summed E-state index contributed by atoms with van der Waals surface area (Å²) in [5, 5.41) is 8.72. The third kappa shape index (κ3) is 4.27. The van der Waals surface area contributed by atoms with Crippen LogP contribution in [0.1, 0.15) is 31.2 Å². The van der Waals surface area contributed by atoms with Crippen molar-refractivity contribution in [2.24, 2.45) is 0 Å². The molecule has 5 nitrogen and oxygen atoms in total. The largest absolute Gasteiger partial charge is 0.491 e. The summed E-state index contributed by atoms with van der Waals surface area (Å²) < 4.78 is 46.2. The lowest BCUT2D eigenvalue weighted by atomic mass is 10.2. The summed E-state index contributed by atoms with van der Waals surface area (Å²) in [6.45, 7) is 3.52. The van der Waals surface area contributed by atoms with Gasteiger partial charge in [-0.2, -0.15) is 13.2 Å². The van der Waals surface area contributed by atoms with Crippen molar-refractivity contribution >= 4 is 17.0 Å². The molecule has 1 N–H and O–H groups in total. The monoisotopic (exact) mass is 392 g/mol. The molecule has 1 atom stereocenters. The summed E-state index contributed by atoms with van der Waals surface area (Å²) in [6.07, 6.45) is -4.25. The van der Waals surface area contributed by atoms with Gasteiger partial charge in [0.05, 0.1) is 22.7 Å². The zero-order chi connectivity index (χ0) is 20.5. The Balaban J connectivity index is 1.84. The Morgan fingerprint density at radius 1 is 1.21 bits per heavy atom. The maximum Gasteiger partial charge on any atom is 0.416 e. The van der Waals surface area contributed by atoms with Crippen molar-refractivity contribution in [1.82, 2.24) is 9.55 Å². The van der Waals surface area contributed by atoms with E-state index in [0.717, 1.165) is 17.8 Å². The van der Waals surface area contributed by atoms with Gasteiger partial charge in [-0.1, -0.05) is 0 Å². The van der Waals surface area contributed by atoms with Gasteiger partial charge in [0.1, 0.15) is 11.6 Å². The number of carbonyl (C=O) groups is 1. The number of hydrogen-bond donors (Lipinski definition) is 1. The molecule has 1 unspecified atom stereocenters. The van der Waals surface area contributed by atoms with E-state index in [1.165, 1.54) is 6.07 Å². The molecule has 2 aromatic carbocycles. The molecule has 0 spiro atoms. The predicted octanol–water partition coefficient (Wildman–Crippen LogP) is 4.98. The van der Waals surface area contributed by atoms with E-state index < -0.39 is 17.7 Å². The Morgan fingerprint density at radius 2 is 1.89 bits per heavy atom. The van der Waals surface area contributed by atoms with Crippen LogP contribution in [0.25, 0.3) is 16.7 Å². The molecule has 0 radical (unpaired) electrons. The molecule has 0 aliphatic carbocycles. The van der Waals surface area contributed by atoms with Crippen molar-refractivity contribution in [3.8, 4) is 11.4 Å². The minimum atomic E-state index is -4.41. The molecule has 1 heterocycles. The van der Waals surface area contributed by atoms with Crippen LogP contribution < -0.4 is 4.74 Å². The quantitative estimate of drug-likeness (QED) is 0.642. The van der Waals surface area contributed by atoms with Gasteiger partial charge in [0.25, 0.3) is 0 Å². The maximum atomic E-state index is 12.9. The second-order valence-electron chi connectivity index (χ2n) is 6.55. The van der Waals surface area contributed by atoms with Crippen LogP contribution in [0.2, 0.25) is 0 Å². The number of fused-ring (bicyclic) bond motifs is 1. The van der Waals surface area contributed by atoms with Crippen LogP contribution in [0.3, 0.4) is 0 Å². The highest BCUT2D eigenvalue weighted by molar-refractivity contribution is 5.79. The van der Waals surface area contributed by atoms with Gasteiger partial charge in [0.2, 0.25) is 0 Å². The Morgan fingerprint density at radius 3 is 2.50 bits per heavy atom. The van der Waals surface area contributed by atoms with Crippen LogP contribution in [-0.4, -0.2) is 26.7 Å². The highest BCUT2D eigenvalue weighted by Crippen LogP contribution is 2.32. The summed E-state index contributed by atoms with van der Waals surface area (Å²) in [5.41, 5.74) is 0.859. The minimum absolute atomic E-state index is 0.0272. The molecule has 0 fully saturated rings. The van der Waals surface area contributed by atoms with E-state index in [4.69, 9.17) is 9.84 Å². The van der Waals surface area contributed by atoms with Crippen LogP contribution in [0.15, 0.2) is 42.5 Å². The number of alkyl halides is 3. The van der Waals surface area contributed by atoms with Crippen molar-refractivity contribution in [1.29, 1.82) is 0 Å². The highest BCUT2D eigenvalue weighted by Gasteiger charge is 2.31. The molecule has 3 rings (SSSR count). The van der Waals surface area contributed by atoms with Gasteiger partial charge in [-0.3, -0.25) is 9.36 Å². The maximum absolute atomic E-state index is 12.9. The number of rotatable bonds is 6. The molecule has 0 saturated carbocycles. The molecule has 0 saturated heterocycles. The highest BCUT2D eigenvalue weighted by atomic mass is 19.4. The lowest BCUT2D eigenvalue weighted by Gasteiger charge is -2.14. The van der Waals surface area contributed by atoms with Gasteiger partial charge in [-0.15, -0.1) is 0 Å². The average Bonchev–Trinajstić information content (AvgIpc) is 2.95. The van der Waals surface area contributed by atoms with E-state index in [-0.39, 0.29) is 18.0 Å². The number of benzene rings is 2. The fourth-order valence-corrected chi connectivity index (χ4v) is 2.99. The molecule has 0 bridgehead atoms. The lowest BCUT2D eigenvalue weighted by molar-refractivity contribution is -0.138. The number of halogens is 3. The number of imidazole rings is 1. The first-order chi connectivity index (χ1) is 13.1. The summed E-state index contributed by atoms with van der Waals surface area (Å²) in [4.78, 5) is 14.9. The van der Waals surface area contributed by atoms with Gasteiger partial charge in [0.15, 0.2) is 0 Å². The number of aliphatic carboxylic acids is 1. The lowest BCUT2D eigenvalue weighted by Crippen LogP contribution is -2.13. The topological polar surface area (TPSA) is 64.4 Å². The number of aromatic nitrogens is 2. The molecule has 1 aromatic heterocycles. The zero-order valence-corrected chi connectivity index (χ0v) is 15.3. The normalized spacial score (nSPS) is 12.9. The molecule has 3 aromatic rings. The van der Waals surface area contributed by atoms with Crippen molar-refractivity contribution in [3.05, 3.63) is 53.9 Å². The molecular weight excluding hydrogens is 373 g/mol. The second-order valence-corrected chi connectivity index (χ2v) is 6.55. The van der Waals surface area contributed by atoms with Crippen LogP contribution in [-0.2, 0) is 11.0 Å². The third-order valence-corrected chi connectivity index (χ3v) is 4.35. The number of nitrogens with zero attached hydrogens (tertiary/aromatic N) is 2. The Kier molecular flexibility index (Phi) is 5.31. The van der Waals surface area contributed by atoms with Crippen LogP contribution in [0, 0.1) is 6.92 Å². The second kappa shape index (κ2) is 7.53. The Bertz CT molecular complexity index is 994. The number of ether oxygens (including phenoxy) is 1. The number of hydrogen-bond acceptors (Lipinski definition) is 3. The van der Waals surface area contributed by atoms with Crippen molar-refractivity contribution < 1.29 is 27.8 Å². The van der Waals surface area contributed by atoms with E-state index in [2.05, 4.69) is 4.98 Å². The summed E-state index contributed by atoms with van der Waals surface area (Å²) >= 11 is 0. The summed E-state index contributed by atoms with van der Waals surface area (Å²) in [7, 11) is 0. The van der Waals surface area contributed by atoms with Gasteiger partial charge in [-0.05, 0) is 62.7 Å². The first-order valence-corrected chi connectivity index (χ1v) is 8.70. The van der Waals surface area contributed by atoms with Crippen LogP contribution in [0.5, 0.6) is 5.75 Å². The molecule has 0 aliphatic rings. The molecule has 0 aliphatic heterocycles. The van der Waals surface area contributed by atoms with Gasteiger partial charge < -0.3 is 9.84 Å².